The zero-order chi connectivity index (χ0) is 22.8. The predicted octanol–water partition coefficient (Wildman–Crippen LogP) is 5.18. The molecule has 2 heterocycles. The summed E-state index contributed by atoms with van der Waals surface area (Å²) >= 11 is 0. The van der Waals surface area contributed by atoms with Crippen LogP contribution in [0, 0.1) is 17.0 Å². The molecule has 1 aromatic carbocycles. The van der Waals surface area contributed by atoms with Gasteiger partial charge in [-0.2, -0.15) is 0 Å². The molecular weight excluding hydrogens is 404 g/mol. The van der Waals surface area contributed by atoms with Crippen molar-refractivity contribution in [1.82, 2.24) is 9.88 Å². The first kappa shape index (κ1) is 22.4. The van der Waals surface area contributed by atoms with Gasteiger partial charge < -0.3 is 15.3 Å². The van der Waals surface area contributed by atoms with E-state index in [1.807, 2.05) is 26.8 Å². The molecule has 1 unspecified atom stereocenters. The average Bonchev–Trinajstić information content (AvgIpc) is 2.67. The maximum Gasteiger partial charge on any atom is 0.407 e. The second kappa shape index (κ2) is 8.83. The van der Waals surface area contributed by atoms with Gasteiger partial charge in [-0.25, -0.2) is 18.6 Å². The highest BCUT2D eigenvalue weighted by molar-refractivity contribution is 6.03. The zero-order valence-electron chi connectivity index (χ0n) is 17.7. The molecule has 2 aromatic rings. The van der Waals surface area contributed by atoms with Crippen molar-refractivity contribution in [3.05, 3.63) is 64.9 Å². The molecule has 0 spiro atoms. The van der Waals surface area contributed by atoms with Crippen LogP contribution in [-0.2, 0) is 0 Å². The lowest BCUT2D eigenvalue weighted by atomic mass is 9.79. The fraction of sp³-hybridized carbons (Fsp3) is 0.348. The number of carboxylic acid groups (broad SMARTS) is 1. The molecule has 1 saturated heterocycles. The number of nitrogens with one attached hydrogen (secondary N) is 1. The summed E-state index contributed by atoms with van der Waals surface area (Å²) in [5, 5.41) is 12.0. The van der Waals surface area contributed by atoms with Crippen LogP contribution in [-0.4, -0.2) is 39.6 Å². The summed E-state index contributed by atoms with van der Waals surface area (Å²) < 4.78 is 26.9. The van der Waals surface area contributed by atoms with Gasteiger partial charge in [-0.3, -0.25) is 4.79 Å². The Hall–Kier alpha value is -3.29. The SMILES string of the molecule is CC(C)(C)C1CC(=Cc2cccc(NC(=O)c3ccc(F)cc3F)n2)CCN1C(=O)O. The van der Waals surface area contributed by atoms with E-state index in [4.69, 9.17) is 0 Å². The summed E-state index contributed by atoms with van der Waals surface area (Å²) in [5.74, 6) is -2.20. The summed E-state index contributed by atoms with van der Waals surface area (Å²) in [6, 6.07) is 7.65. The fourth-order valence-electron chi connectivity index (χ4n) is 3.68. The van der Waals surface area contributed by atoms with Gasteiger partial charge in [0.1, 0.15) is 17.5 Å². The van der Waals surface area contributed by atoms with Crippen molar-refractivity contribution < 1.29 is 23.5 Å². The van der Waals surface area contributed by atoms with Gasteiger partial charge in [-0.15, -0.1) is 0 Å². The smallest absolute Gasteiger partial charge is 0.407 e. The highest BCUT2D eigenvalue weighted by Crippen LogP contribution is 2.35. The fourth-order valence-corrected chi connectivity index (χ4v) is 3.68. The molecule has 8 heteroatoms. The number of piperidine rings is 1. The van der Waals surface area contributed by atoms with E-state index in [9.17, 15) is 23.5 Å². The van der Waals surface area contributed by atoms with Gasteiger partial charge in [0.25, 0.3) is 5.91 Å². The lowest BCUT2D eigenvalue weighted by molar-refractivity contribution is 0.0724. The van der Waals surface area contributed by atoms with Crippen molar-refractivity contribution in [2.75, 3.05) is 11.9 Å². The number of carbonyl (C=O) groups is 2. The third-order valence-corrected chi connectivity index (χ3v) is 5.29. The molecule has 1 fully saturated rings. The summed E-state index contributed by atoms with van der Waals surface area (Å²) in [6.07, 6.45) is 2.16. The standard InChI is InChI=1S/C23H25F2N3O3/c1-23(2,3)19-12-14(9-10-28(19)22(30)31)11-16-5-4-6-20(26-16)27-21(29)17-8-7-15(24)13-18(17)25/h4-8,11,13,19H,9-10,12H2,1-3H3,(H,30,31)(H,26,27,29). The van der Waals surface area contributed by atoms with Crippen LogP contribution in [0.5, 0.6) is 0 Å². The molecule has 0 aliphatic carbocycles. The Morgan fingerprint density at radius 3 is 2.61 bits per heavy atom. The van der Waals surface area contributed by atoms with Gasteiger partial charge in [0.15, 0.2) is 0 Å². The number of benzene rings is 1. The van der Waals surface area contributed by atoms with Crippen LogP contribution >= 0.6 is 0 Å². The Labute approximate surface area is 179 Å². The van der Waals surface area contributed by atoms with E-state index >= 15 is 0 Å². The summed E-state index contributed by atoms with van der Waals surface area (Å²) in [5.41, 5.74) is 1.17. The van der Waals surface area contributed by atoms with Gasteiger partial charge in [0.2, 0.25) is 0 Å². The van der Waals surface area contributed by atoms with Crippen molar-refractivity contribution in [1.29, 1.82) is 0 Å². The summed E-state index contributed by atoms with van der Waals surface area (Å²) in [4.78, 5) is 29.8. The van der Waals surface area contributed by atoms with Crippen LogP contribution in [0.3, 0.4) is 0 Å². The van der Waals surface area contributed by atoms with Crippen LogP contribution in [0.1, 0.15) is 49.7 Å². The molecular formula is C23H25F2N3O3. The molecule has 164 valence electrons. The predicted molar refractivity (Wildman–Crippen MR) is 114 cm³/mol. The lowest BCUT2D eigenvalue weighted by Gasteiger charge is -2.42. The molecule has 2 amide bonds. The Balaban J connectivity index is 1.77. The Morgan fingerprint density at radius 1 is 1.23 bits per heavy atom. The minimum absolute atomic E-state index is 0.158. The van der Waals surface area contributed by atoms with Gasteiger partial charge in [-0.05, 0) is 48.6 Å². The molecule has 1 aliphatic rings. The van der Waals surface area contributed by atoms with E-state index in [1.54, 1.807) is 18.2 Å². The zero-order valence-corrected chi connectivity index (χ0v) is 17.7. The van der Waals surface area contributed by atoms with E-state index in [1.165, 1.54) is 4.90 Å². The molecule has 1 aromatic heterocycles. The van der Waals surface area contributed by atoms with Gasteiger partial charge in [0, 0.05) is 18.7 Å². The van der Waals surface area contributed by atoms with Gasteiger partial charge in [-0.1, -0.05) is 32.4 Å². The molecule has 0 bridgehead atoms. The Kier molecular flexibility index (Phi) is 6.38. The van der Waals surface area contributed by atoms with Crippen molar-refractivity contribution >= 4 is 23.9 Å². The second-order valence-corrected chi connectivity index (χ2v) is 8.64. The maximum absolute atomic E-state index is 13.8. The number of hydrogen-bond acceptors (Lipinski definition) is 3. The third-order valence-electron chi connectivity index (χ3n) is 5.29. The number of pyridine rings is 1. The van der Waals surface area contributed by atoms with E-state index in [0.717, 1.165) is 17.7 Å². The van der Waals surface area contributed by atoms with Crippen LogP contribution in [0.4, 0.5) is 19.4 Å². The van der Waals surface area contributed by atoms with Crippen LogP contribution in [0.2, 0.25) is 0 Å². The normalized spacial score (nSPS) is 18.2. The summed E-state index contributed by atoms with van der Waals surface area (Å²) in [7, 11) is 0. The molecule has 2 N–H and O–H groups in total. The first-order valence-corrected chi connectivity index (χ1v) is 9.97. The molecule has 0 radical (unpaired) electrons. The van der Waals surface area contributed by atoms with Crippen molar-refractivity contribution in [2.45, 2.75) is 39.7 Å². The Bertz CT molecular complexity index is 1030. The number of rotatable bonds is 3. The molecule has 1 aliphatic heterocycles. The highest BCUT2D eigenvalue weighted by atomic mass is 19.1. The number of amides is 2. The minimum atomic E-state index is -0.950. The largest absolute Gasteiger partial charge is 0.465 e. The first-order chi connectivity index (χ1) is 14.5. The number of carbonyl (C=O) groups excluding carboxylic acids is 1. The van der Waals surface area contributed by atoms with Crippen molar-refractivity contribution in [3.8, 4) is 0 Å². The number of halogens is 2. The summed E-state index contributed by atoms with van der Waals surface area (Å²) in [6.45, 7) is 6.45. The van der Waals surface area contributed by atoms with E-state index in [0.29, 0.717) is 31.1 Å². The molecule has 6 nitrogen and oxygen atoms in total. The van der Waals surface area contributed by atoms with Crippen molar-refractivity contribution in [3.63, 3.8) is 0 Å². The second-order valence-electron chi connectivity index (χ2n) is 8.64. The molecule has 0 saturated carbocycles. The van der Waals surface area contributed by atoms with Crippen LogP contribution in [0.25, 0.3) is 6.08 Å². The van der Waals surface area contributed by atoms with Crippen LogP contribution < -0.4 is 5.32 Å². The topological polar surface area (TPSA) is 82.5 Å². The monoisotopic (exact) mass is 429 g/mol. The maximum atomic E-state index is 13.8. The molecule has 1 atom stereocenters. The third kappa shape index (κ3) is 5.45. The van der Waals surface area contributed by atoms with Gasteiger partial charge in [0.05, 0.1) is 11.3 Å². The quantitative estimate of drug-likeness (QED) is 0.704. The minimum Gasteiger partial charge on any atom is -0.465 e. The van der Waals surface area contributed by atoms with Gasteiger partial charge >= 0.3 is 6.09 Å². The van der Waals surface area contributed by atoms with E-state index in [-0.39, 0.29) is 22.8 Å². The van der Waals surface area contributed by atoms with E-state index in [2.05, 4.69) is 10.3 Å². The molecule has 3 rings (SSSR count). The molecule has 31 heavy (non-hydrogen) atoms. The van der Waals surface area contributed by atoms with Crippen LogP contribution in [0.15, 0.2) is 42.0 Å². The number of likely N-dealkylation sites (tertiary alicyclic amines) is 1. The number of anilines is 1. The number of hydrogen-bond donors (Lipinski definition) is 2. The first-order valence-electron chi connectivity index (χ1n) is 9.97. The Morgan fingerprint density at radius 2 is 1.97 bits per heavy atom. The average molecular weight is 429 g/mol. The lowest BCUT2D eigenvalue weighted by Crippen LogP contribution is -2.50. The number of nitrogens with zero attached hydrogens (tertiary/aromatic N) is 2. The van der Waals surface area contributed by atoms with E-state index < -0.39 is 23.6 Å². The highest BCUT2D eigenvalue weighted by Gasteiger charge is 2.36. The van der Waals surface area contributed by atoms with Crippen molar-refractivity contribution in [2.24, 2.45) is 5.41 Å². The number of aromatic nitrogens is 1.